The number of hydrogen-bond donors (Lipinski definition) is 5. The summed E-state index contributed by atoms with van der Waals surface area (Å²) < 4.78 is 0. The number of amides is 3. The zero-order chi connectivity index (χ0) is 36.2. The summed E-state index contributed by atoms with van der Waals surface area (Å²) in [7, 11) is 2.21. The van der Waals surface area contributed by atoms with Crippen LogP contribution in [0.3, 0.4) is 0 Å². The number of anilines is 1. The number of piperidine rings is 1. The van der Waals surface area contributed by atoms with Crippen LogP contribution in [-0.4, -0.2) is 81.0 Å². The zero-order valence-electron chi connectivity index (χ0n) is 30.0. The summed E-state index contributed by atoms with van der Waals surface area (Å²) in [4.78, 5) is 42.9. The number of rotatable bonds is 11. The lowest BCUT2D eigenvalue weighted by molar-refractivity contribution is -0.130. The molecule has 272 valence electrons. The van der Waals surface area contributed by atoms with Crippen molar-refractivity contribution in [2.24, 2.45) is 17.6 Å². The van der Waals surface area contributed by atoms with E-state index in [0.29, 0.717) is 48.0 Å². The maximum absolute atomic E-state index is 13.7. The summed E-state index contributed by atoms with van der Waals surface area (Å²) in [5, 5.41) is 23.4. The molecule has 3 heterocycles. The molecule has 12 nitrogen and oxygen atoms in total. The smallest absolute Gasteiger partial charge is 0.251 e. The van der Waals surface area contributed by atoms with Crippen LogP contribution in [0.15, 0.2) is 66.7 Å². The molecule has 1 aliphatic carbocycles. The Labute approximate surface area is 304 Å². The maximum atomic E-state index is 13.7. The number of nitrogens with one attached hydrogen (secondary N) is 4. The van der Waals surface area contributed by atoms with Gasteiger partial charge in [0, 0.05) is 47.3 Å². The van der Waals surface area contributed by atoms with E-state index in [-0.39, 0.29) is 29.7 Å². The molecule has 2 saturated heterocycles. The summed E-state index contributed by atoms with van der Waals surface area (Å²) in [5.41, 5.74) is 11.9. The molecule has 3 aromatic carbocycles. The van der Waals surface area contributed by atoms with Crippen LogP contribution in [0.5, 0.6) is 0 Å². The summed E-state index contributed by atoms with van der Waals surface area (Å²) in [6.45, 7) is 2.67. The number of tetrazole rings is 1. The average Bonchev–Trinajstić information content (AvgIpc) is 3.76. The van der Waals surface area contributed by atoms with Crippen molar-refractivity contribution in [1.29, 1.82) is 0 Å². The molecule has 1 saturated carbocycles. The number of H-pyrrole nitrogens is 1. The van der Waals surface area contributed by atoms with E-state index in [4.69, 9.17) is 5.73 Å². The average molecular weight is 704 g/mol. The molecule has 52 heavy (non-hydrogen) atoms. The Kier molecular flexibility index (Phi) is 10.7. The molecule has 3 atom stereocenters. The second-order valence-electron chi connectivity index (χ2n) is 14.9. The van der Waals surface area contributed by atoms with E-state index in [1.165, 1.54) is 12.8 Å². The normalized spacial score (nSPS) is 23.5. The summed E-state index contributed by atoms with van der Waals surface area (Å²) in [6.07, 6.45) is 8.18. The van der Waals surface area contributed by atoms with Gasteiger partial charge in [-0.2, -0.15) is 5.21 Å². The minimum atomic E-state index is -0.776. The van der Waals surface area contributed by atoms with Crippen LogP contribution in [0.25, 0.3) is 22.5 Å². The van der Waals surface area contributed by atoms with Gasteiger partial charge in [-0.1, -0.05) is 30.3 Å². The lowest BCUT2D eigenvalue weighted by Crippen LogP contribution is -2.48. The number of fused-ring (bicyclic) bond motifs is 2. The number of aromatic amines is 1. The number of aromatic nitrogens is 4. The molecule has 6 N–H and O–H groups in total. The number of carbonyl (C=O) groups excluding carboxylic acids is 3. The van der Waals surface area contributed by atoms with E-state index < -0.39 is 6.04 Å². The monoisotopic (exact) mass is 703 g/mol. The van der Waals surface area contributed by atoms with Crippen LogP contribution < -0.4 is 21.7 Å². The van der Waals surface area contributed by atoms with Gasteiger partial charge in [0.25, 0.3) is 5.91 Å². The lowest BCUT2D eigenvalue weighted by atomic mass is 9.81. The van der Waals surface area contributed by atoms with E-state index in [0.717, 1.165) is 66.3 Å². The molecule has 2 bridgehead atoms. The third kappa shape index (κ3) is 8.08. The van der Waals surface area contributed by atoms with Gasteiger partial charge in [0.05, 0.1) is 0 Å². The highest BCUT2D eigenvalue weighted by atomic mass is 16.2. The second-order valence-corrected chi connectivity index (χ2v) is 14.9. The molecule has 7 rings (SSSR count). The van der Waals surface area contributed by atoms with Crippen molar-refractivity contribution in [2.75, 3.05) is 18.9 Å². The standard InChI is InChI=1S/C40H49N9O3/c1-24-19-30(39(51)43-32-21-33-16-17-34(22-32)49(33)2)13-18-35(24)27-7-3-25(4-8-27)20-36(44-38(50)29-9-5-26(23-41)6-10-29)40(52)42-31-14-11-28(12-15-31)37-45-47-48-46-37/h3-4,7-8,11-15,18-19,26,29,32-34,36H,5-6,9-10,16-17,20-23,41H2,1-2H3,(H,42,52)(H,43,51)(H,44,50)(H,45,46,47,48). The molecule has 3 amide bonds. The predicted molar refractivity (Wildman–Crippen MR) is 200 cm³/mol. The Morgan fingerprint density at radius 2 is 1.60 bits per heavy atom. The van der Waals surface area contributed by atoms with Gasteiger partial charge in [-0.25, -0.2) is 0 Å². The van der Waals surface area contributed by atoms with Crippen molar-refractivity contribution in [1.82, 2.24) is 36.2 Å². The molecule has 3 unspecified atom stereocenters. The van der Waals surface area contributed by atoms with Crippen molar-refractivity contribution < 1.29 is 14.4 Å². The van der Waals surface area contributed by atoms with E-state index in [1.54, 1.807) is 12.1 Å². The van der Waals surface area contributed by atoms with Crippen molar-refractivity contribution in [2.45, 2.75) is 88.9 Å². The summed E-state index contributed by atoms with van der Waals surface area (Å²) in [5.74, 6) is 0.374. The minimum absolute atomic E-state index is 0.0133. The Bertz CT molecular complexity index is 1840. The number of nitrogens with zero attached hydrogens (tertiary/aromatic N) is 4. The molecule has 3 fully saturated rings. The van der Waals surface area contributed by atoms with Crippen LogP contribution in [0.1, 0.15) is 72.9 Å². The van der Waals surface area contributed by atoms with E-state index in [9.17, 15) is 14.4 Å². The number of hydrogen-bond acceptors (Lipinski definition) is 8. The number of benzene rings is 3. The van der Waals surface area contributed by atoms with Crippen molar-refractivity contribution in [3.05, 3.63) is 83.4 Å². The predicted octanol–water partition coefficient (Wildman–Crippen LogP) is 4.63. The molecule has 3 aliphatic rings. The minimum Gasteiger partial charge on any atom is -0.349 e. The number of carbonyl (C=O) groups is 3. The number of aryl methyl sites for hydroxylation is 1. The third-order valence-electron chi connectivity index (χ3n) is 11.6. The molecule has 0 radical (unpaired) electrons. The first-order valence-electron chi connectivity index (χ1n) is 18.6. The fraction of sp³-hybridized carbons (Fsp3) is 0.450. The zero-order valence-corrected chi connectivity index (χ0v) is 30.0. The van der Waals surface area contributed by atoms with E-state index in [2.05, 4.69) is 48.5 Å². The first-order valence-corrected chi connectivity index (χ1v) is 18.6. The molecule has 0 spiro atoms. The van der Waals surface area contributed by atoms with Gasteiger partial charge < -0.3 is 26.6 Å². The largest absolute Gasteiger partial charge is 0.349 e. The van der Waals surface area contributed by atoms with Crippen molar-refractivity contribution in [3.63, 3.8) is 0 Å². The molecule has 4 aromatic rings. The van der Waals surface area contributed by atoms with Gasteiger partial charge in [0.2, 0.25) is 17.6 Å². The van der Waals surface area contributed by atoms with E-state index in [1.807, 2.05) is 61.5 Å². The fourth-order valence-corrected chi connectivity index (χ4v) is 8.36. The molecule has 2 aliphatic heterocycles. The third-order valence-corrected chi connectivity index (χ3v) is 11.6. The van der Waals surface area contributed by atoms with Crippen molar-refractivity contribution in [3.8, 4) is 22.5 Å². The summed E-state index contributed by atoms with van der Waals surface area (Å²) >= 11 is 0. The van der Waals surface area contributed by atoms with Gasteiger partial charge in [-0.3, -0.25) is 14.4 Å². The van der Waals surface area contributed by atoms with Crippen molar-refractivity contribution >= 4 is 23.4 Å². The first-order chi connectivity index (χ1) is 25.2. The van der Waals surface area contributed by atoms with Crippen LogP contribution in [0.4, 0.5) is 5.69 Å². The maximum Gasteiger partial charge on any atom is 0.251 e. The second kappa shape index (κ2) is 15.7. The Morgan fingerprint density at radius 1 is 0.904 bits per heavy atom. The topological polar surface area (TPSA) is 171 Å². The molecule has 12 heteroatoms. The van der Waals surface area contributed by atoms with Crippen LogP contribution >= 0.6 is 0 Å². The lowest BCUT2D eigenvalue weighted by Gasteiger charge is -2.36. The fourth-order valence-electron chi connectivity index (χ4n) is 8.36. The Hall–Kier alpha value is -4.94. The highest BCUT2D eigenvalue weighted by Crippen LogP contribution is 2.34. The SMILES string of the molecule is Cc1cc(C(=O)NC2CC3CCC(C2)N3C)ccc1-c1ccc(CC(NC(=O)C2CCC(CN)CC2)C(=O)Nc2ccc(-c3nn[nH]n3)cc2)cc1. The number of nitrogens with two attached hydrogens (primary N) is 1. The molecular weight excluding hydrogens is 654 g/mol. The van der Waals surface area contributed by atoms with Gasteiger partial charge in [0.1, 0.15) is 6.04 Å². The van der Waals surface area contributed by atoms with Gasteiger partial charge in [-0.15, -0.1) is 10.2 Å². The highest BCUT2D eigenvalue weighted by molar-refractivity contribution is 5.98. The Balaban J connectivity index is 1.02. The quantitative estimate of drug-likeness (QED) is 0.151. The Morgan fingerprint density at radius 3 is 2.23 bits per heavy atom. The van der Waals surface area contributed by atoms with Gasteiger partial charge >= 0.3 is 0 Å². The molecule has 1 aromatic heterocycles. The van der Waals surface area contributed by atoms with Crippen LogP contribution in [0, 0.1) is 18.8 Å². The van der Waals surface area contributed by atoms with Gasteiger partial charge in [0.15, 0.2) is 0 Å². The highest BCUT2D eigenvalue weighted by Gasteiger charge is 2.39. The van der Waals surface area contributed by atoms with Crippen LogP contribution in [0.2, 0.25) is 0 Å². The van der Waals surface area contributed by atoms with Gasteiger partial charge in [-0.05, 0) is 142 Å². The summed E-state index contributed by atoms with van der Waals surface area (Å²) in [6, 6.07) is 21.7. The first kappa shape index (κ1) is 35.5. The van der Waals surface area contributed by atoms with E-state index >= 15 is 0 Å². The van der Waals surface area contributed by atoms with Crippen LogP contribution in [-0.2, 0) is 16.0 Å². The molecular formula is C40H49N9O3.